The van der Waals surface area contributed by atoms with Gasteiger partial charge < -0.3 is 11.2 Å². The highest BCUT2D eigenvalue weighted by molar-refractivity contribution is 5.93. The number of nitrogens with two attached hydrogens (primary N) is 2. The largest absolute Gasteiger partial charge is 0.366 e. The van der Waals surface area contributed by atoms with Gasteiger partial charge in [-0.25, -0.2) is 0 Å². The summed E-state index contributed by atoms with van der Waals surface area (Å²) in [5.74, 6) is 4.66. The molecule has 0 heterocycles. The fraction of sp³-hybridized carbons (Fsp3) is 0. The molecule has 0 atom stereocenters. The summed E-state index contributed by atoms with van der Waals surface area (Å²) in [6.45, 7) is 0. The van der Waals surface area contributed by atoms with Crippen LogP contribution < -0.4 is 17.0 Å². The van der Waals surface area contributed by atoms with Crippen LogP contribution in [0.25, 0.3) is 0 Å². The molecule has 0 spiro atoms. The Bertz CT molecular complexity index is 277. The van der Waals surface area contributed by atoms with Crippen LogP contribution in [0.5, 0.6) is 0 Å². The van der Waals surface area contributed by atoms with Crippen molar-refractivity contribution >= 4 is 24.0 Å². The first-order valence-electron chi connectivity index (χ1n) is 3.10. The summed E-state index contributed by atoms with van der Waals surface area (Å²) in [5.41, 5.74) is 8.56. The zero-order valence-electron chi connectivity index (χ0n) is 6.28. The topological polar surface area (TPSA) is 81.1 Å². The number of amides is 1. The van der Waals surface area contributed by atoms with Crippen LogP contribution in [-0.2, 0) is 0 Å². The minimum absolute atomic E-state index is 0. The number of hydrogen-bond donors (Lipinski definition) is 3. The first-order valence-corrected chi connectivity index (χ1v) is 3.10. The lowest BCUT2D eigenvalue weighted by Gasteiger charge is -1.99. The lowest BCUT2D eigenvalue weighted by atomic mass is 10.2. The number of nitrogens with one attached hydrogen (secondary N) is 1. The minimum atomic E-state index is -0.456. The molecule has 5 N–H and O–H groups in total. The van der Waals surface area contributed by atoms with Gasteiger partial charge in [-0.1, -0.05) is 6.07 Å². The number of hydrazine groups is 1. The van der Waals surface area contributed by atoms with E-state index in [1.54, 1.807) is 24.3 Å². The highest BCUT2D eigenvalue weighted by Gasteiger charge is 1.98. The number of anilines is 1. The zero-order valence-corrected chi connectivity index (χ0v) is 7.10. The third kappa shape index (κ3) is 2.41. The van der Waals surface area contributed by atoms with Crippen molar-refractivity contribution in [1.82, 2.24) is 0 Å². The number of primary amides is 1. The average Bonchev–Trinajstić information content (AvgIpc) is 2.05. The van der Waals surface area contributed by atoms with E-state index in [0.717, 1.165) is 0 Å². The molecule has 1 aromatic carbocycles. The Hall–Kier alpha value is -1.26. The molecule has 1 aromatic rings. The molecule has 0 bridgehead atoms. The Morgan fingerprint density at radius 1 is 1.42 bits per heavy atom. The van der Waals surface area contributed by atoms with E-state index in [0.29, 0.717) is 11.3 Å². The van der Waals surface area contributed by atoms with Gasteiger partial charge in [0.15, 0.2) is 0 Å². The standard InChI is InChI=1S/C7H9N3O.ClH/c8-7(11)5-2-1-3-6(4-5)10-9;/h1-4,10H,9H2,(H2,8,11);1H. The van der Waals surface area contributed by atoms with Gasteiger partial charge in [-0.2, -0.15) is 0 Å². The molecule has 0 fully saturated rings. The normalized spacial score (nSPS) is 8.42. The molecule has 5 heteroatoms. The highest BCUT2D eigenvalue weighted by atomic mass is 35.5. The maximum atomic E-state index is 10.6. The van der Waals surface area contributed by atoms with Gasteiger partial charge in [0.25, 0.3) is 0 Å². The fourth-order valence-corrected chi connectivity index (χ4v) is 0.762. The third-order valence-electron chi connectivity index (χ3n) is 1.31. The van der Waals surface area contributed by atoms with E-state index in [4.69, 9.17) is 11.6 Å². The Kier molecular flexibility index (Phi) is 4.10. The van der Waals surface area contributed by atoms with E-state index in [-0.39, 0.29) is 12.4 Å². The van der Waals surface area contributed by atoms with Crippen molar-refractivity contribution in [1.29, 1.82) is 0 Å². The molecule has 0 aliphatic heterocycles. The third-order valence-corrected chi connectivity index (χ3v) is 1.31. The molecule has 0 radical (unpaired) electrons. The molecule has 0 aromatic heterocycles. The molecular formula is C7H10ClN3O. The van der Waals surface area contributed by atoms with Crippen molar-refractivity contribution < 1.29 is 4.79 Å². The van der Waals surface area contributed by atoms with Crippen LogP contribution in [0.3, 0.4) is 0 Å². The average molecular weight is 188 g/mol. The maximum Gasteiger partial charge on any atom is 0.248 e. The lowest BCUT2D eigenvalue weighted by molar-refractivity contribution is 0.100. The summed E-state index contributed by atoms with van der Waals surface area (Å²) in [4.78, 5) is 10.6. The van der Waals surface area contributed by atoms with Crippen LogP contribution in [0.1, 0.15) is 10.4 Å². The van der Waals surface area contributed by atoms with Gasteiger partial charge in [-0.15, -0.1) is 12.4 Å². The first kappa shape index (κ1) is 10.7. The molecule has 12 heavy (non-hydrogen) atoms. The number of halogens is 1. The Balaban J connectivity index is 0.00000121. The van der Waals surface area contributed by atoms with E-state index in [2.05, 4.69) is 5.43 Å². The number of carbonyl (C=O) groups is 1. The molecular weight excluding hydrogens is 178 g/mol. The summed E-state index contributed by atoms with van der Waals surface area (Å²) in [5, 5.41) is 0. The van der Waals surface area contributed by atoms with E-state index in [9.17, 15) is 4.79 Å². The second-order valence-corrected chi connectivity index (χ2v) is 2.09. The van der Waals surface area contributed by atoms with E-state index in [1.807, 2.05) is 0 Å². The van der Waals surface area contributed by atoms with Crippen molar-refractivity contribution in [2.75, 3.05) is 5.43 Å². The Morgan fingerprint density at radius 3 is 2.58 bits per heavy atom. The van der Waals surface area contributed by atoms with Crippen LogP contribution in [0, 0.1) is 0 Å². The monoisotopic (exact) mass is 187 g/mol. The summed E-state index contributed by atoms with van der Waals surface area (Å²) in [7, 11) is 0. The van der Waals surface area contributed by atoms with Crippen LogP contribution in [0.4, 0.5) is 5.69 Å². The van der Waals surface area contributed by atoms with Crippen molar-refractivity contribution in [3.05, 3.63) is 29.8 Å². The summed E-state index contributed by atoms with van der Waals surface area (Å²) in [6, 6.07) is 6.66. The molecule has 0 saturated carbocycles. The van der Waals surface area contributed by atoms with E-state index >= 15 is 0 Å². The van der Waals surface area contributed by atoms with Gasteiger partial charge in [0, 0.05) is 11.3 Å². The number of carbonyl (C=O) groups excluding carboxylic acids is 1. The van der Waals surface area contributed by atoms with Crippen molar-refractivity contribution in [3.8, 4) is 0 Å². The SMILES string of the molecule is Cl.NNc1cccc(C(N)=O)c1. The van der Waals surface area contributed by atoms with Gasteiger partial charge in [-0.3, -0.25) is 10.6 Å². The molecule has 0 aliphatic rings. The molecule has 1 rings (SSSR count). The van der Waals surface area contributed by atoms with Crippen molar-refractivity contribution in [3.63, 3.8) is 0 Å². The van der Waals surface area contributed by atoms with Gasteiger partial charge >= 0.3 is 0 Å². The second kappa shape index (κ2) is 4.58. The van der Waals surface area contributed by atoms with E-state index < -0.39 is 5.91 Å². The number of rotatable bonds is 2. The molecule has 4 nitrogen and oxygen atoms in total. The summed E-state index contributed by atoms with van der Waals surface area (Å²) >= 11 is 0. The number of nitrogen functional groups attached to an aromatic ring is 1. The maximum absolute atomic E-state index is 10.6. The fourth-order valence-electron chi connectivity index (χ4n) is 0.762. The molecule has 66 valence electrons. The van der Waals surface area contributed by atoms with E-state index in [1.165, 1.54) is 0 Å². The molecule has 1 amide bonds. The first-order chi connectivity index (χ1) is 5.24. The van der Waals surface area contributed by atoms with Gasteiger partial charge in [0.2, 0.25) is 5.91 Å². The lowest BCUT2D eigenvalue weighted by Crippen LogP contribution is -2.12. The van der Waals surface area contributed by atoms with Crippen LogP contribution in [-0.4, -0.2) is 5.91 Å². The Labute approximate surface area is 76.3 Å². The molecule has 0 unspecified atom stereocenters. The number of benzene rings is 1. The van der Waals surface area contributed by atoms with Crippen molar-refractivity contribution in [2.45, 2.75) is 0 Å². The zero-order chi connectivity index (χ0) is 8.27. The predicted molar refractivity (Wildman–Crippen MR) is 50.0 cm³/mol. The smallest absolute Gasteiger partial charge is 0.248 e. The molecule has 0 aliphatic carbocycles. The van der Waals surface area contributed by atoms with Crippen LogP contribution in [0.2, 0.25) is 0 Å². The van der Waals surface area contributed by atoms with Crippen LogP contribution in [0.15, 0.2) is 24.3 Å². The Morgan fingerprint density at radius 2 is 2.08 bits per heavy atom. The number of hydrogen-bond acceptors (Lipinski definition) is 3. The van der Waals surface area contributed by atoms with Crippen LogP contribution >= 0.6 is 12.4 Å². The van der Waals surface area contributed by atoms with Gasteiger partial charge in [0.1, 0.15) is 0 Å². The summed E-state index contributed by atoms with van der Waals surface area (Å²) < 4.78 is 0. The second-order valence-electron chi connectivity index (χ2n) is 2.09. The van der Waals surface area contributed by atoms with Gasteiger partial charge in [0.05, 0.1) is 0 Å². The quantitative estimate of drug-likeness (QED) is 0.466. The molecule has 0 saturated heterocycles. The van der Waals surface area contributed by atoms with Gasteiger partial charge in [-0.05, 0) is 18.2 Å². The predicted octanol–water partition coefficient (Wildman–Crippen LogP) is 0.493. The van der Waals surface area contributed by atoms with Crippen molar-refractivity contribution in [2.24, 2.45) is 11.6 Å². The summed E-state index contributed by atoms with van der Waals surface area (Å²) in [6.07, 6.45) is 0. The minimum Gasteiger partial charge on any atom is -0.366 e. The highest BCUT2D eigenvalue weighted by Crippen LogP contribution is 2.07.